The number of benzene rings is 1. The fourth-order valence-electron chi connectivity index (χ4n) is 4.12. The SMILES string of the molecule is CCCCC[C@@H](C)Cn1c(SCc2cc(=O)n3[nH]cnc3n2)nnc1-c1ccc(C(C)(C)C)cc1. The van der Waals surface area contributed by atoms with Gasteiger partial charge in [-0.1, -0.05) is 89.9 Å². The van der Waals surface area contributed by atoms with Crippen LogP contribution in [0.15, 0.2) is 46.6 Å². The summed E-state index contributed by atoms with van der Waals surface area (Å²) < 4.78 is 3.56. The minimum absolute atomic E-state index is 0.0993. The summed E-state index contributed by atoms with van der Waals surface area (Å²) in [7, 11) is 0. The van der Waals surface area contributed by atoms with Crippen LogP contribution in [0.5, 0.6) is 0 Å². The van der Waals surface area contributed by atoms with Gasteiger partial charge < -0.3 is 4.57 Å². The number of unbranched alkanes of at least 4 members (excludes halogenated alkanes) is 2. The quantitative estimate of drug-likeness (QED) is 0.232. The Morgan fingerprint density at radius 1 is 1.11 bits per heavy atom. The summed E-state index contributed by atoms with van der Waals surface area (Å²) in [5, 5.41) is 12.7. The molecule has 0 saturated heterocycles. The Hall–Kier alpha value is -2.94. The third kappa shape index (κ3) is 6.01. The number of aromatic amines is 1. The normalized spacial score (nSPS) is 12.9. The second-order valence-corrected chi connectivity index (χ2v) is 11.2. The molecule has 3 heterocycles. The number of fused-ring (bicyclic) bond motifs is 1. The second-order valence-electron chi connectivity index (χ2n) is 10.2. The highest BCUT2D eigenvalue weighted by Crippen LogP contribution is 2.30. The zero-order valence-corrected chi connectivity index (χ0v) is 22.1. The molecule has 0 spiro atoms. The van der Waals surface area contributed by atoms with Gasteiger partial charge in [-0.3, -0.25) is 9.89 Å². The first kappa shape index (κ1) is 25.2. The summed E-state index contributed by atoms with van der Waals surface area (Å²) in [6.07, 6.45) is 6.35. The van der Waals surface area contributed by atoms with Gasteiger partial charge in [0.05, 0.1) is 5.69 Å². The Morgan fingerprint density at radius 3 is 2.60 bits per heavy atom. The van der Waals surface area contributed by atoms with Crippen molar-refractivity contribution in [3.8, 4) is 11.4 Å². The molecular formula is C26H35N7OS. The van der Waals surface area contributed by atoms with Crippen molar-refractivity contribution in [3.05, 3.63) is 58.3 Å². The number of hydrogen-bond acceptors (Lipinski definition) is 6. The molecule has 0 amide bonds. The van der Waals surface area contributed by atoms with E-state index in [0.717, 1.165) is 23.1 Å². The third-order valence-electron chi connectivity index (χ3n) is 6.19. The standard InChI is InChI=1S/C26H35N7OS/c1-6-7-8-9-18(2)15-32-23(19-10-12-20(13-11-19)26(3,4)5)30-31-25(32)35-16-21-14-22(34)33-24(29-21)27-17-28-33/h10-14,17-18H,6-9,15-16H2,1-5H3,(H,27,28,29)/t18-/m1/s1. The Morgan fingerprint density at radius 2 is 1.89 bits per heavy atom. The van der Waals surface area contributed by atoms with Crippen LogP contribution in [-0.2, 0) is 17.7 Å². The lowest BCUT2D eigenvalue weighted by atomic mass is 9.86. The first-order valence-electron chi connectivity index (χ1n) is 12.3. The molecule has 0 bridgehead atoms. The molecule has 0 aliphatic carbocycles. The summed E-state index contributed by atoms with van der Waals surface area (Å²) in [5.74, 6) is 2.28. The van der Waals surface area contributed by atoms with Crippen LogP contribution in [0.1, 0.15) is 71.6 Å². The van der Waals surface area contributed by atoms with Gasteiger partial charge in [-0.2, -0.15) is 4.52 Å². The van der Waals surface area contributed by atoms with Crippen LogP contribution >= 0.6 is 11.8 Å². The topological polar surface area (TPSA) is 93.8 Å². The molecule has 0 fully saturated rings. The van der Waals surface area contributed by atoms with Gasteiger partial charge in [0.1, 0.15) is 6.33 Å². The van der Waals surface area contributed by atoms with Gasteiger partial charge in [0, 0.05) is 23.9 Å². The summed E-state index contributed by atoms with van der Waals surface area (Å²) in [5.41, 5.74) is 2.96. The Balaban J connectivity index is 1.60. The van der Waals surface area contributed by atoms with E-state index in [9.17, 15) is 4.79 Å². The molecule has 1 N–H and O–H groups in total. The average Bonchev–Trinajstić information content (AvgIpc) is 3.45. The zero-order chi connectivity index (χ0) is 25.0. The summed E-state index contributed by atoms with van der Waals surface area (Å²) in [6, 6.07) is 10.2. The van der Waals surface area contributed by atoms with Crippen molar-refractivity contribution in [1.82, 2.24) is 34.3 Å². The smallest absolute Gasteiger partial charge is 0.274 e. The third-order valence-corrected chi connectivity index (χ3v) is 7.19. The molecule has 0 aliphatic rings. The number of H-pyrrole nitrogens is 1. The molecule has 9 heteroatoms. The van der Waals surface area contributed by atoms with Gasteiger partial charge in [-0.15, -0.1) is 10.2 Å². The predicted octanol–water partition coefficient (Wildman–Crippen LogP) is 5.48. The highest BCUT2D eigenvalue weighted by molar-refractivity contribution is 7.98. The average molecular weight is 494 g/mol. The predicted molar refractivity (Wildman–Crippen MR) is 141 cm³/mol. The Labute approximate surface area is 210 Å². The van der Waals surface area contributed by atoms with Crippen molar-refractivity contribution in [2.45, 2.75) is 83.2 Å². The Kier molecular flexibility index (Phi) is 7.74. The lowest BCUT2D eigenvalue weighted by molar-refractivity contribution is 0.417. The molecule has 35 heavy (non-hydrogen) atoms. The fraction of sp³-hybridized carbons (Fsp3) is 0.500. The van der Waals surface area contributed by atoms with Crippen LogP contribution in [0.2, 0.25) is 0 Å². The second kappa shape index (κ2) is 10.8. The number of aromatic nitrogens is 7. The van der Waals surface area contributed by atoms with E-state index in [1.807, 2.05) is 0 Å². The summed E-state index contributed by atoms with van der Waals surface area (Å²) in [4.78, 5) is 20.9. The molecule has 4 rings (SSSR count). The van der Waals surface area contributed by atoms with Crippen LogP contribution < -0.4 is 5.56 Å². The summed E-state index contributed by atoms with van der Waals surface area (Å²) in [6.45, 7) is 12.0. The first-order valence-corrected chi connectivity index (χ1v) is 13.3. The number of hydrogen-bond donors (Lipinski definition) is 1. The van der Waals surface area contributed by atoms with E-state index in [1.165, 1.54) is 42.1 Å². The maximum Gasteiger partial charge on any atom is 0.274 e. The van der Waals surface area contributed by atoms with Crippen LogP contribution in [-0.4, -0.2) is 34.3 Å². The van der Waals surface area contributed by atoms with Crippen LogP contribution in [0.4, 0.5) is 0 Å². The van der Waals surface area contributed by atoms with Gasteiger partial charge in [0.25, 0.3) is 11.3 Å². The minimum atomic E-state index is -0.172. The first-order chi connectivity index (χ1) is 16.8. The lowest BCUT2D eigenvalue weighted by Gasteiger charge is -2.19. The van der Waals surface area contributed by atoms with Gasteiger partial charge in [0.15, 0.2) is 11.0 Å². The zero-order valence-electron chi connectivity index (χ0n) is 21.3. The number of thioether (sulfide) groups is 1. The molecular weight excluding hydrogens is 458 g/mol. The molecule has 186 valence electrons. The molecule has 1 aromatic carbocycles. The van der Waals surface area contributed by atoms with Crippen LogP contribution in [0, 0.1) is 5.92 Å². The highest BCUT2D eigenvalue weighted by Gasteiger charge is 2.19. The van der Waals surface area contributed by atoms with Crippen molar-refractivity contribution in [2.24, 2.45) is 5.92 Å². The molecule has 3 aromatic heterocycles. The molecule has 0 saturated carbocycles. The monoisotopic (exact) mass is 493 g/mol. The fourth-order valence-corrected chi connectivity index (χ4v) is 4.96. The van der Waals surface area contributed by atoms with Crippen molar-refractivity contribution in [3.63, 3.8) is 0 Å². The number of nitrogens with zero attached hydrogens (tertiary/aromatic N) is 6. The van der Waals surface area contributed by atoms with Crippen molar-refractivity contribution >= 4 is 17.5 Å². The van der Waals surface area contributed by atoms with E-state index >= 15 is 0 Å². The highest BCUT2D eigenvalue weighted by atomic mass is 32.2. The molecule has 4 aromatic rings. The molecule has 0 radical (unpaired) electrons. The maximum atomic E-state index is 12.3. The maximum absolute atomic E-state index is 12.3. The van der Waals surface area contributed by atoms with E-state index in [-0.39, 0.29) is 11.0 Å². The molecule has 0 unspecified atom stereocenters. The molecule has 0 aliphatic heterocycles. The minimum Gasteiger partial charge on any atom is -0.302 e. The van der Waals surface area contributed by atoms with Gasteiger partial charge in [-0.25, -0.2) is 9.97 Å². The largest absolute Gasteiger partial charge is 0.302 e. The van der Waals surface area contributed by atoms with E-state index in [1.54, 1.807) is 17.8 Å². The van der Waals surface area contributed by atoms with E-state index in [0.29, 0.717) is 23.1 Å². The van der Waals surface area contributed by atoms with E-state index < -0.39 is 0 Å². The number of nitrogens with one attached hydrogen (secondary N) is 1. The van der Waals surface area contributed by atoms with Gasteiger partial charge >= 0.3 is 0 Å². The number of rotatable bonds is 10. The van der Waals surface area contributed by atoms with Crippen LogP contribution in [0.3, 0.4) is 0 Å². The van der Waals surface area contributed by atoms with Crippen molar-refractivity contribution in [2.75, 3.05) is 0 Å². The van der Waals surface area contributed by atoms with E-state index in [2.05, 4.69) is 88.7 Å². The van der Waals surface area contributed by atoms with Crippen molar-refractivity contribution in [1.29, 1.82) is 0 Å². The van der Waals surface area contributed by atoms with Crippen molar-refractivity contribution < 1.29 is 0 Å². The summed E-state index contributed by atoms with van der Waals surface area (Å²) >= 11 is 1.55. The van der Waals surface area contributed by atoms with Gasteiger partial charge in [0.2, 0.25) is 0 Å². The van der Waals surface area contributed by atoms with E-state index in [4.69, 9.17) is 0 Å². The van der Waals surface area contributed by atoms with Gasteiger partial charge in [-0.05, 0) is 23.3 Å². The van der Waals surface area contributed by atoms with Crippen LogP contribution in [0.25, 0.3) is 17.2 Å². The molecule has 1 atom stereocenters. The molecule has 8 nitrogen and oxygen atoms in total. The lowest BCUT2D eigenvalue weighted by Crippen LogP contribution is -2.15. The Bertz CT molecular complexity index is 1310.